The number of carbonyl (C=O) groups excluding carboxylic acids is 1. The Morgan fingerprint density at radius 3 is 2.27 bits per heavy atom. The number of ether oxygens (including phenoxy) is 1. The van der Waals surface area contributed by atoms with E-state index in [9.17, 15) is 4.79 Å². The summed E-state index contributed by atoms with van der Waals surface area (Å²) in [7, 11) is 0. The van der Waals surface area contributed by atoms with Crippen LogP contribution in [0.3, 0.4) is 0 Å². The van der Waals surface area contributed by atoms with Gasteiger partial charge in [0, 0.05) is 6.92 Å². The van der Waals surface area contributed by atoms with Crippen molar-refractivity contribution in [3.8, 4) is 0 Å². The summed E-state index contributed by atoms with van der Waals surface area (Å²) in [6.07, 6.45) is 6.25. The normalized spacial score (nSPS) is 12.9. The molecule has 90 valence electrons. The van der Waals surface area contributed by atoms with Gasteiger partial charge in [0.05, 0.1) is 0 Å². The minimum Gasteiger partial charge on any atom is -0.460 e. The fourth-order valence-electron chi connectivity index (χ4n) is 1.40. The zero-order chi connectivity index (χ0) is 11.7. The lowest BCUT2D eigenvalue weighted by molar-refractivity contribution is -0.146. The average Bonchev–Trinajstić information content (AvgIpc) is 2.15. The largest absolute Gasteiger partial charge is 0.460 e. The molecule has 0 aromatic rings. The fourth-order valence-corrected chi connectivity index (χ4v) is 1.75. The summed E-state index contributed by atoms with van der Waals surface area (Å²) in [5.41, 5.74) is 0. The molecule has 0 amide bonds. The Kier molecular flexibility index (Phi) is 9.32. The van der Waals surface area contributed by atoms with Crippen molar-refractivity contribution in [2.45, 2.75) is 63.3 Å². The lowest BCUT2D eigenvalue weighted by Gasteiger charge is -2.17. The molecular weight excluding hydrogens is 235 g/mol. The number of alkyl halides is 2. The molecule has 15 heavy (non-hydrogen) atoms. The summed E-state index contributed by atoms with van der Waals surface area (Å²) in [6, 6.07) is 0. The third-order valence-electron chi connectivity index (χ3n) is 2.19. The van der Waals surface area contributed by atoms with Gasteiger partial charge in [0.15, 0.2) is 0 Å². The van der Waals surface area contributed by atoms with Crippen LogP contribution in [0.2, 0.25) is 0 Å². The second kappa shape index (κ2) is 9.29. The highest BCUT2D eigenvalue weighted by atomic mass is 35.5. The first-order valence-electron chi connectivity index (χ1n) is 5.53. The van der Waals surface area contributed by atoms with E-state index in [2.05, 4.69) is 6.92 Å². The Morgan fingerprint density at radius 2 is 1.80 bits per heavy atom. The molecule has 0 aliphatic heterocycles. The number of esters is 1. The van der Waals surface area contributed by atoms with Gasteiger partial charge in [0.1, 0.15) is 10.9 Å². The van der Waals surface area contributed by atoms with Crippen LogP contribution >= 0.6 is 23.2 Å². The summed E-state index contributed by atoms with van der Waals surface area (Å²) >= 11 is 11.4. The van der Waals surface area contributed by atoms with Crippen LogP contribution in [-0.4, -0.2) is 16.9 Å². The van der Waals surface area contributed by atoms with Gasteiger partial charge in [-0.15, -0.1) is 23.2 Å². The monoisotopic (exact) mass is 254 g/mol. The van der Waals surface area contributed by atoms with Crippen LogP contribution in [0.25, 0.3) is 0 Å². The van der Waals surface area contributed by atoms with E-state index in [1.165, 1.54) is 26.2 Å². The highest BCUT2D eigenvalue weighted by molar-refractivity contribution is 6.44. The number of carbonyl (C=O) groups is 1. The molecule has 1 atom stereocenters. The molecule has 0 aromatic heterocycles. The Bertz CT molecular complexity index is 172. The van der Waals surface area contributed by atoms with Crippen molar-refractivity contribution >= 4 is 29.2 Å². The van der Waals surface area contributed by atoms with Gasteiger partial charge < -0.3 is 4.74 Å². The minimum absolute atomic E-state index is 0.320. The van der Waals surface area contributed by atoms with Crippen LogP contribution in [-0.2, 0) is 9.53 Å². The van der Waals surface area contributed by atoms with Gasteiger partial charge in [0.2, 0.25) is 0 Å². The molecule has 0 rings (SSSR count). The average molecular weight is 255 g/mol. The van der Waals surface area contributed by atoms with Crippen LogP contribution in [0.15, 0.2) is 0 Å². The molecule has 0 radical (unpaired) electrons. The van der Waals surface area contributed by atoms with E-state index in [-0.39, 0.29) is 12.1 Å². The molecule has 0 aliphatic rings. The smallest absolute Gasteiger partial charge is 0.302 e. The summed E-state index contributed by atoms with van der Waals surface area (Å²) in [5.74, 6) is -0.320. The van der Waals surface area contributed by atoms with Crippen molar-refractivity contribution < 1.29 is 9.53 Å². The van der Waals surface area contributed by atoms with Crippen LogP contribution < -0.4 is 0 Å². The van der Waals surface area contributed by atoms with Gasteiger partial charge >= 0.3 is 5.97 Å². The van der Waals surface area contributed by atoms with Gasteiger partial charge in [0.25, 0.3) is 0 Å². The topological polar surface area (TPSA) is 26.3 Å². The third kappa shape index (κ3) is 9.01. The maximum absolute atomic E-state index is 10.8. The van der Waals surface area contributed by atoms with Gasteiger partial charge in [-0.3, -0.25) is 4.79 Å². The van der Waals surface area contributed by atoms with Crippen molar-refractivity contribution in [2.24, 2.45) is 0 Å². The highest BCUT2D eigenvalue weighted by Gasteiger charge is 2.19. The molecule has 0 saturated carbocycles. The number of hydrogen-bond donors (Lipinski definition) is 0. The van der Waals surface area contributed by atoms with E-state index in [0.717, 1.165) is 19.3 Å². The van der Waals surface area contributed by atoms with Gasteiger partial charge in [-0.05, 0) is 12.8 Å². The molecule has 0 N–H and O–H groups in total. The van der Waals surface area contributed by atoms with Gasteiger partial charge in [-0.25, -0.2) is 0 Å². The molecule has 0 aliphatic carbocycles. The van der Waals surface area contributed by atoms with Gasteiger partial charge in [-0.2, -0.15) is 0 Å². The van der Waals surface area contributed by atoms with Crippen molar-refractivity contribution in [3.05, 3.63) is 0 Å². The summed E-state index contributed by atoms with van der Waals surface area (Å²) in [5, 5.41) is 0. The molecule has 0 fully saturated rings. The summed E-state index contributed by atoms with van der Waals surface area (Å²) in [6.45, 7) is 3.55. The third-order valence-corrected chi connectivity index (χ3v) is 2.75. The lowest BCUT2D eigenvalue weighted by atomic mass is 10.1. The minimum atomic E-state index is -0.625. The SMILES string of the molecule is CCCCCCCC(OC(C)=O)C(Cl)Cl. The summed E-state index contributed by atoms with van der Waals surface area (Å²) < 4.78 is 5.02. The standard InChI is InChI=1S/C11H20Cl2O2/c1-3-4-5-6-7-8-10(11(12)13)15-9(2)14/h10-11H,3-8H2,1-2H3. The number of unbranched alkanes of at least 4 members (excludes halogenated alkanes) is 4. The van der Waals surface area contributed by atoms with Crippen molar-refractivity contribution in [1.82, 2.24) is 0 Å². The number of rotatable bonds is 8. The molecular formula is C11H20Cl2O2. The van der Waals surface area contributed by atoms with Gasteiger partial charge in [-0.1, -0.05) is 32.6 Å². The second-order valence-electron chi connectivity index (χ2n) is 3.69. The Morgan fingerprint density at radius 1 is 1.20 bits per heavy atom. The summed E-state index contributed by atoms with van der Waals surface area (Å²) in [4.78, 5) is 10.1. The van der Waals surface area contributed by atoms with E-state index in [0.29, 0.717) is 0 Å². The van der Waals surface area contributed by atoms with Crippen LogP contribution in [0.5, 0.6) is 0 Å². The van der Waals surface area contributed by atoms with E-state index in [1.807, 2.05) is 0 Å². The van der Waals surface area contributed by atoms with E-state index in [4.69, 9.17) is 27.9 Å². The van der Waals surface area contributed by atoms with Crippen molar-refractivity contribution in [1.29, 1.82) is 0 Å². The zero-order valence-electron chi connectivity index (χ0n) is 9.47. The zero-order valence-corrected chi connectivity index (χ0v) is 11.0. The lowest BCUT2D eigenvalue weighted by Crippen LogP contribution is -2.23. The Balaban J connectivity index is 3.62. The molecule has 4 heteroatoms. The maximum atomic E-state index is 10.8. The molecule has 0 aromatic carbocycles. The Labute approximate surface area is 102 Å². The molecule has 0 spiro atoms. The van der Waals surface area contributed by atoms with Crippen molar-refractivity contribution in [3.63, 3.8) is 0 Å². The molecule has 0 saturated heterocycles. The number of hydrogen-bond acceptors (Lipinski definition) is 2. The van der Waals surface area contributed by atoms with Crippen LogP contribution in [0.1, 0.15) is 52.4 Å². The first-order chi connectivity index (χ1) is 7.07. The predicted octanol–water partition coefficient (Wildman–Crippen LogP) is 4.08. The Hall–Kier alpha value is 0.0500. The van der Waals surface area contributed by atoms with Crippen LogP contribution in [0, 0.1) is 0 Å². The first kappa shape index (κ1) is 15.0. The fraction of sp³-hybridized carbons (Fsp3) is 0.909. The number of halogens is 2. The van der Waals surface area contributed by atoms with Crippen LogP contribution in [0.4, 0.5) is 0 Å². The van der Waals surface area contributed by atoms with E-state index < -0.39 is 4.84 Å². The highest BCUT2D eigenvalue weighted by Crippen LogP contribution is 2.18. The van der Waals surface area contributed by atoms with Crippen molar-refractivity contribution in [2.75, 3.05) is 0 Å². The second-order valence-corrected chi connectivity index (χ2v) is 4.85. The quantitative estimate of drug-likeness (QED) is 0.371. The van der Waals surface area contributed by atoms with E-state index in [1.54, 1.807) is 0 Å². The molecule has 1 unspecified atom stereocenters. The molecule has 2 nitrogen and oxygen atoms in total. The van der Waals surface area contributed by atoms with E-state index >= 15 is 0 Å². The first-order valence-corrected chi connectivity index (χ1v) is 6.40. The molecule has 0 bridgehead atoms. The molecule has 0 heterocycles. The predicted molar refractivity (Wildman–Crippen MR) is 64.4 cm³/mol. The maximum Gasteiger partial charge on any atom is 0.302 e.